The van der Waals surface area contributed by atoms with Gasteiger partial charge >= 0.3 is 5.97 Å². The van der Waals surface area contributed by atoms with Crippen molar-refractivity contribution >= 4 is 29.5 Å². The average Bonchev–Trinajstić information content (AvgIpc) is 2.63. The third-order valence-electron chi connectivity index (χ3n) is 4.76. The van der Waals surface area contributed by atoms with Crippen molar-refractivity contribution in [2.75, 3.05) is 5.75 Å². The summed E-state index contributed by atoms with van der Waals surface area (Å²) in [5, 5.41) is 21.7. The van der Waals surface area contributed by atoms with Gasteiger partial charge in [0.1, 0.15) is 11.5 Å². The zero-order chi connectivity index (χ0) is 19.6. The van der Waals surface area contributed by atoms with Crippen molar-refractivity contribution < 1.29 is 19.5 Å². The largest absolute Gasteiger partial charge is 0.478 e. The summed E-state index contributed by atoms with van der Waals surface area (Å²) in [4.78, 5) is 12.1. The van der Waals surface area contributed by atoms with Gasteiger partial charge in [-0.1, -0.05) is 31.1 Å². The first-order valence-corrected chi connectivity index (χ1v) is 9.51. The number of oxime groups is 1. The van der Waals surface area contributed by atoms with Crippen LogP contribution in [-0.2, 0) is 5.41 Å². The van der Waals surface area contributed by atoms with Gasteiger partial charge in [0, 0.05) is 16.0 Å². The van der Waals surface area contributed by atoms with Gasteiger partial charge in [0.25, 0.3) is 0 Å². The molecule has 0 saturated heterocycles. The summed E-state index contributed by atoms with van der Waals surface area (Å²) < 4.78 is 14.1. The van der Waals surface area contributed by atoms with E-state index in [0.29, 0.717) is 5.71 Å². The van der Waals surface area contributed by atoms with Crippen LogP contribution in [0.15, 0.2) is 52.5 Å². The molecule has 2 aromatic carbocycles. The Morgan fingerprint density at radius 3 is 2.63 bits per heavy atom. The highest BCUT2D eigenvalue weighted by molar-refractivity contribution is 7.99. The van der Waals surface area contributed by atoms with E-state index in [0.717, 1.165) is 23.8 Å². The molecule has 0 atom stereocenters. The van der Waals surface area contributed by atoms with Gasteiger partial charge < -0.3 is 10.3 Å². The van der Waals surface area contributed by atoms with Gasteiger partial charge in [0.15, 0.2) is 0 Å². The lowest BCUT2D eigenvalue weighted by molar-refractivity contribution is 0.0696. The number of hydrogen-bond donors (Lipinski definition) is 2. The van der Waals surface area contributed by atoms with Crippen molar-refractivity contribution in [3.05, 3.63) is 70.5 Å². The van der Waals surface area contributed by atoms with Crippen LogP contribution in [0.25, 0.3) is 6.08 Å². The maximum atomic E-state index is 14.1. The number of carbonyl (C=O) groups is 1. The highest BCUT2D eigenvalue weighted by atomic mass is 32.2. The standard InChI is InChI=1S/C21H20FNO3S/c1-21(2)9-10-27-19-8-6-14(11-16(19)21)18(23-26)7-5-13-3-4-15(20(24)25)12-17(13)22/h3-8,11-12,26H,9-10H2,1-2H3,(H,24,25)/b7-5-,23-18-. The molecule has 2 aromatic rings. The van der Waals surface area contributed by atoms with Crippen LogP contribution in [0.1, 0.15) is 47.3 Å². The third-order valence-corrected chi connectivity index (χ3v) is 5.84. The Bertz CT molecular complexity index is 950. The second kappa shape index (κ2) is 7.56. The van der Waals surface area contributed by atoms with Crippen molar-refractivity contribution in [3.8, 4) is 0 Å². The number of nitrogens with zero attached hydrogens (tertiary/aromatic N) is 1. The summed E-state index contributed by atoms with van der Waals surface area (Å²) in [6.45, 7) is 4.39. The first-order chi connectivity index (χ1) is 12.8. The third kappa shape index (κ3) is 4.06. The second-order valence-corrected chi connectivity index (χ2v) is 8.19. The van der Waals surface area contributed by atoms with Crippen LogP contribution in [0.3, 0.4) is 0 Å². The Balaban J connectivity index is 1.91. The molecule has 0 aliphatic carbocycles. The number of halogens is 1. The Kier molecular flexibility index (Phi) is 5.37. The van der Waals surface area contributed by atoms with E-state index in [1.807, 2.05) is 30.0 Å². The van der Waals surface area contributed by atoms with Crippen molar-refractivity contribution in [1.82, 2.24) is 0 Å². The number of benzene rings is 2. The highest BCUT2D eigenvalue weighted by Gasteiger charge is 2.28. The Morgan fingerprint density at radius 2 is 1.96 bits per heavy atom. The van der Waals surface area contributed by atoms with E-state index in [-0.39, 0.29) is 16.5 Å². The van der Waals surface area contributed by atoms with Crippen molar-refractivity contribution in [2.24, 2.45) is 5.16 Å². The number of carboxylic acids is 1. The van der Waals surface area contributed by atoms with E-state index >= 15 is 0 Å². The fourth-order valence-corrected chi connectivity index (χ4v) is 4.53. The molecule has 0 amide bonds. The van der Waals surface area contributed by atoms with Gasteiger partial charge in [-0.15, -0.1) is 11.8 Å². The van der Waals surface area contributed by atoms with Gasteiger partial charge in [-0.05, 0) is 59.6 Å². The van der Waals surface area contributed by atoms with Crippen LogP contribution in [0.5, 0.6) is 0 Å². The lowest BCUT2D eigenvalue weighted by Crippen LogP contribution is -2.23. The van der Waals surface area contributed by atoms with Crippen molar-refractivity contribution in [1.29, 1.82) is 0 Å². The van der Waals surface area contributed by atoms with Crippen LogP contribution in [0, 0.1) is 5.82 Å². The number of carboxylic acid groups (broad SMARTS) is 1. The van der Waals surface area contributed by atoms with Crippen LogP contribution >= 0.6 is 11.8 Å². The number of aromatic carboxylic acids is 1. The van der Waals surface area contributed by atoms with Gasteiger partial charge in [-0.2, -0.15) is 0 Å². The van der Waals surface area contributed by atoms with Crippen LogP contribution in [-0.4, -0.2) is 27.7 Å². The number of hydrogen-bond acceptors (Lipinski definition) is 4. The normalized spacial score (nSPS) is 16.3. The summed E-state index contributed by atoms with van der Waals surface area (Å²) in [5.74, 6) is -0.755. The first-order valence-electron chi connectivity index (χ1n) is 8.52. The molecule has 2 N–H and O–H groups in total. The lowest BCUT2D eigenvalue weighted by atomic mass is 9.81. The minimum atomic E-state index is -1.18. The van der Waals surface area contributed by atoms with Crippen LogP contribution < -0.4 is 0 Å². The molecule has 4 nitrogen and oxygen atoms in total. The number of fused-ring (bicyclic) bond motifs is 1. The van der Waals surface area contributed by atoms with Crippen LogP contribution in [0.4, 0.5) is 4.39 Å². The molecule has 1 aliphatic rings. The molecule has 27 heavy (non-hydrogen) atoms. The second-order valence-electron chi connectivity index (χ2n) is 7.05. The molecule has 0 aromatic heterocycles. The fraction of sp³-hybridized carbons (Fsp3) is 0.238. The Labute approximate surface area is 161 Å². The minimum Gasteiger partial charge on any atom is -0.478 e. The molecule has 0 fully saturated rings. The molecule has 0 saturated carbocycles. The van der Waals surface area contributed by atoms with E-state index in [2.05, 4.69) is 19.0 Å². The molecule has 0 bridgehead atoms. The molecular formula is C21H20FNO3S. The monoisotopic (exact) mass is 385 g/mol. The van der Waals surface area contributed by atoms with E-state index in [9.17, 15) is 14.4 Å². The number of thioether (sulfide) groups is 1. The maximum Gasteiger partial charge on any atom is 0.335 e. The van der Waals surface area contributed by atoms with Gasteiger partial charge in [-0.3, -0.25) is 0 Å². The smallest absolute Gasteiger partial charge is 0.335 e. The molecule has 3 rings (SSSR count). The first kappa shape index (κ1) is 19.2. The van der Waals surface area contributed by atoms with E-state index < -0.39 is 11.8 Å². The van der Waals surface area contributed by atoms with E-state index in [4.69, 9.17) is 5.11 Å². The molecule has 0 unspecified atom stereocenters. The number of allylic oxidation sites excluding steroid dienone is 1. The molecule has 0 spiro atoms. The molecule has 0 radical (unpaired) electrons. The van der Waals surface area contributed by atoms with Gasteiger partial charge in [-0.25, -0.2) is 9.18 Å². The van der Waals surface area contributed by atoms with E-state index in [1.54, 1.807) is 0 Å². The molecule has 6 heteroatoms. The minimum absolute atomic E-state index is 0.0413. The zero-order valence-electron chi connectivity index (χ0n) is 15.1. The molecule has 1 heterocycles. The summed E-state index contributed by atoms with van der Waals surface area (Å²) in [6, 6.07) is 9.62. The fourth-order valence-electron chi connectivity index (χ4n) is 3.05. The highest BCUT2D eigenvalue weighted by Crippen LogP contribution is 2.41. The number of rotatable bonds is 4. The average molecular weight is 385 g/mol. The zero-order valence-corrected chi connectivity index (χ0v) is 15.9. The summed E-state index contributed by atoms with van der Waals surface area (Å²) in [6.07, 6.45) is 4.05. The maximum absolute atomic E-state index is 14.1. The molecule has 140 valence electrons. The Hall–Kier alpha value is -2.60. The lowest BCUT2D eigenvalue weighted by Gasteiger charge is -2.32. The predicted molar refractivity (Wildman–Crippen MR) is 106 cm³/mol. The predicted octanol–water partition coefficient (Wildman–Crippen LogP) is 5.19. The van der Waals surface area contributed by atoms with Crippen molar-refractivity contribution in [2.45, 2.75) is 30.6 Å². The van der Waals surface area contributed by atoms with Gasteiger partial charge in [0.2, 0.25) is 0 Å². The topological polar surface area (TPSA) is 69.9 Å². The van der Waals surface area contributed by atoms with Crippen molar-refractivity contribution in [3.63, 3.8) is 0 Å². The summed E-state index contributed by atoms with van der Waals surface area (Å²) in [7, 11) is 0. The van der Waals surface area contributed by atoms with Crippen LogP contribution in [0.2, 0.25) is 0 Å². The Morgan fingerprint density at radius 1 is 1.22 bits per heavy atom. The van der Waals surface area contributed by atoms with Gasteiger partial charge in [0.05, 0.1) is 5.56 Å². The molecular weight excluding hydrogens is 365 g/mol. The summed E-state index contributed by atoms with van der Waals surface area (Å²) in [5.41, 5.74) is 2.41. The summed E-state index contributed by atoms with van der Waals surface area (Å²) >= 11 is 1.82. The SMILES string of the molecule is CC1(C)CCSc2ccc(C(/C=C\c3ccc(C(=O)O)cc3F)=N\O)cc21. The quantitative estimate of drug-likeness (QED) is 0.432. The van der Waals surface area contributed by atoms with E-state index in [1.165, 1.54) is 34.7 Å². The molecule has 1 aliphatic heterocycles.